The topological polar surface area (TPSA) is 119 Å². The van der Waals surface area contributed by atoms with Crippen LogP contribution < -0.4 is 20.1 Å². The highest BCUT2D eigenvalue weighted by Crippen LogP contribution is 2.34. The number of sulfonamides is 1. The molecule has 0 radical (unpaired) electrons. The summed E-state index contributed by atoms with van der Waals surface area (Å²) in [6, 6.07) is 18.3. The minimum absolute atomic E-state index is 0.0210. The molecule has 3 aromatic carbocycles. The minimum Gasteiger partial charge on any atom is -0.495 e. The number of carbonyl (C=O) groups excluding carboxylic acids is 2. The summed E-state index contributed by atoms with van der Waals surface area (Å²) in [6.07, 6.45) is 0. The standard InChI is InChI=1S/C22H20ClN3O5S/c1-31-20-12-11-15(23)13-19(20)26(32(29,30)16-7-3-2-4-8-16)14-21(27)25-18-10-6-5-9-17(18)22(24)28/h2-13H,14H2,1H3,(H2,24,28)(H,25,27). The number of para-hydroxylation sites is 1. The zero-order chi connectivity index (χ0) is 23.3. The fourth-order valence-corrected chi connectivity index (χ4v) is 4.62. The smallest absolute Gasteiger partial charge is 0.264 e. The van der Waals surface area contributed by atoms with Gasteiger partial charge >= 0.3 is 0 Å². The Balaban J connectivity index is 2.04. The number of nitrogens with zero attached hydrogens (tertiary/aromatic N) is 1. The van der Waals surface area contributed by atoms with E-state index in [1.807, 2.05) is 0 Å². The van der Waals surface area contributed by atoms with Gasteiger partial charge in [0, 0.05) is 5.02 Å². The zero-order valence-electron chi connectivity index (χ0n) is 17.0. The number of nitrogens with one attached hydrogen (secondary N) is 1. The fourth-order valence-electron chi connectivity index (χ4n) is 3.00. The molecule has 0 aliphatic rings. The number of methoxy groups -OCH3 is 1. The number of rotatable bonds is 8. The summed E-state index contributed by atoms with van der Waals surface area (Å²) in [5.74, 6) is -1.22. The van der Waals surface area contributed by atoms with Crippen molar-refractivity contribution in [2.24, 2.45) is 5.73 Å². The zero-order valence-corrected chi connectivity index (χ0v) is 18.6. The molecular weight excluding hydrogens is 454 g/mol. The molecule has 0 saturated heterocycles. The third kappa shape index (κ3) is 5.01. The summed E-state index contributed by atoms with van der Waals surface area (Å²) in [7, 11) is -2.80. The summed E-state index contributed by atoms with van der Waals surface area (Å²) >= 11 is 6.11. The lowest BCUT2D eigenvalue weighted by atomic mass is 10.1. The molecule has 0 unspecified atom stereocenters. The Labute approximate surface area is 190 Å². The Kier molecular flexibility index (Phi) is 7.01. The van der Waals surface area contributed by atoms with Crippen LogP contribution >= 0.6 is 11.6 Å². The predicted molar refractivity (Wildman–Crippen MR) is 123 cm³/mol. The van der Waals surface area contributed by atoms with Gasteiger partial charge in [-0.05, 0) is 42.5 Å². The van der Waals surface area contributed by atoms with Gasteiger partial charge in [0.1, 0.15) is 12.3 Å². The molecule has 166 valence electrons. The van der Waals surface area contributed by atoms with Crippen LogP contribution in [0.2, 0.25) is 5.02 Å². The van der Waals surface area contributed by atoms with Crippen molar-refractivity contribution in [1.82, 2.24) is 0 Å². The van der Waals surface area contributed by atoms with Crippen LogP contribution in [-0.4, -0.2) is 33.9 Å². The van der Waals surface area contributed by atoms with Gasteiger partial charge in [-0.1, -0.05) is 41.9 Å². The van der Waals surface area contributed by atoms with Crippen LogP contribution in [0.15, 0.2) is 77.7 Å². The van der Waals surface area contributed by atoms with Crippen LogP contribution in [0, 0.1) is 0 Å². The van der Waals surface area contributed by atoms with E-state index in [1.165, 1.54) is 43.5 Å². The third-order valence-corrected chi connectivity index (χ3v) is 6.50. The average Bonchev–Trinajstić information content (AvgIpc) is 2.78. The lowest BCUT2D eigenvalue weighted by Crippen LogP contribution is -2.38. The number of anilines is 2. The first-order chi connectivity index (χ1) is 15.2. The maximum absolute atomic E-state index is 13.4. The van der Waals surface area contributed by atoms with Gasteiger partial charge in [-0.3, -0.25) is 13.9 Å². The molecule has 0 aliphatic carbocycles. The molecule has 8 nitrogen and oxygen atoms in total. The van der Waals surface area contributed by atoms with Gasteiger partial charge in [-0.25, -0.2) is 8.42 Å². The molecule has 3 aromatic rings. The SMILES string of the molecule is COc1ccc(Cl)cc1N(CC(=O)Nc1ccccc1C(N)=O)S(=O)(=O)c1ccccc1. The second-order valence-corrected chi connectivity index (χ2v) is 8.90. The molecule has 0 spiro atoms. The van der Waals surface area contributed by atoms with Gasteiger partial charge in [0.05, 0.1) is 28.9 Å². The van der Waals surface area contributed by atoms with E-state index in [9.17, 15) is 18.0 Å². The minimum atomic E-state index is -4.18. The van der Waals surface area contributed by atoms with Crippen molar-refractivity contribution < 1.29 is 22.7 Å². The van der Waals surface area contributed by atoms with E-state index in [4.69, 9.17) is 22.1 Å². The van der Waals surface area contributed by atoms with Crippen LogP contribution in [-0.2, 0) is 14.8 Å². The van der Waals surface area contributed by atoms with Crippen LogP contribution in [0.25, 0.3) is 0 Å². The first kappa shape index (κ1) is 23.1. The molecule has 0 saturated carbocycles. The van der Waals surface area contributed by atoms with E-state index in [1.54, 1.807) is 36.4 Å². The molecule has 32 heavy (non-hydrogen) atoms. The molecule has 0 bridgehead atoms. The first-order valence-electron chi connectivity index (χ1n) is 9.34. The predicted octanol–water partition coefficient (Wildman–Crippen LogP) is 3.28. The number of hydrogen-bond acceptors (Lipinski definition) is 5. The monoisotopic (exact) mass is 473 g/mol. The van der Waals surface area contributed by atoms with Gasteiger partial charge in [0.2, 0.25) is 5.91 Å². The van der Waals surface area contributed by atoms with Crippen LogP contribution in [0.5, 0.6) is 5.75 Å². The molecule has 10 heteroatoms. The second kappa shape index (κ2) is 9.71. The Morgan fingerprint density at radius 1 is 1.03 bits per heavy atom. The fraction of sp³-hybridized carbons (Fsp3) is 0.0909. The second-order valence-electron chi connectivity index (χ2n) is 6.60. The van der Waals surface area contributed by atoms with Crippen molar-refractivity contribution in [3.8, 4) is 5.75 Å². The summed E-state index contributed by atoms with van der Waals surface area (Å²) in [5.41, 5.74) is 5.70. The third-order valence-electron chi connectivity index (χ3n) is 4.49. The normalized spacial score (nSPS) is 10.9. The van der Waals surface area contributed by atoms with Crippen LogP contribution in [0.1, 0.15) is 10.4 Å². The molecule has 0 atom stereocenters. The number of carbonyl (C=O) groups is 2. The highest BCUT2D eigenvalue weighted by Gasteiger charge is 2.30. The lowest BCUT2D eigenvalue weighted by Gasteiger charge is -2.26. The number of amides is 2. The summed E-state index contributed by atoms with van der Waals surface area (Å²) in [4.78, 5) is 24.5. The largest absolute Gasteiger partial charge is 0.495 e. The van der Waals surface area contributed by atoms with Crippen LogP contribution in [0.3, 0.4) is 0 Å². The molecule has 0 fully saturated rings. The van der Waals surface area contributed by atoms with Crippen LogP contribution in [0.4, 0.5) is 11.4 Å². The first-order valence-corrected chi connectivity index (χ1v) is 11.2. The Bertz CT molecular complexity index is 1250. The highest BCUT2D eigenvalue weighted by atomic mass is 35.5. The van der Waals surface area contributed by atoms with Crippen molar-refractivity contribution in [3.63, 3.8) is 0 Å². The number of ether oxygens (including phenoxy) is 1. The number of hydrogen-bond donors (Lipinski definition) is 2. The van der Waals surface area contributed by atoms with Gasteiger partial charge in [-0.2, -0.15) is 0 Å². The molecule has 0 aromatic heterocycles. The molecule has 2 amide bonds. The number of nitrogens with two attached hydrogens (primary N) is 1. The number of benzene rings is 3. The molecule has 0 heterocycles. The quantitative estimate of drug-likeness (QED) is 0.520. The summed E-state index contributed by atoms with van der Waals surface area (Å²) in [6.45, 7) is -0.610. The van der Waals surface area contributed by atoms with Crippen molar-refractivity contribution in [2.45, 2.75) is 4.90 Å². The number of halogens is 1. The molecule has 3 rings (SSSR count). The Morgan fingerprint density at radius 3 is 2.34 bits per heavy atom. The lowest BCUT2D eigenvalue weighted by molar-refractivity contribution is -0.114. The van der Waals surface area contributed by atoms with E-state index >= 15 is 0 Å². The average molecular weight is 474 g/mol. The van der Waals surface area contributed by atoms with E-state index in [2.05, 4.69) is 5.32 Å². The van der Waals surface area contributed by atoms with E-state index in [-0.39, 0.29) is 32.6 Å². The van der Waals surface area contributed by atoms with Crippen molar-refractivity contribution >= 4 is 44.8 Å². The summed E-state index contributed by atoms with van der Waals surface area (Å²) < 4.78 is 33.1. The maximum Gasteiger partial charge on any atom is 0.264 e. The van der Waals surface area contributed by atoms with Crippen molar-refractivity contribution in [1.29, 1.82) is 0 Å². The Hall–Kier alpha value is -3.56. The van der Waals surface area contributed by atoms with Crippen molar-refractivity contribution in [2.75, 3.05) is 23.3 Å². The number of primary amides is 1. The van der Waals surface area contributed by atoms with Gasteiger partial charge < -0.3 is 15.8 Å². The Morgan fingerprint density at radius 2 is 1.69 bits per heavy atom. The molecule has 0 aliphatic heterocycles. The molecule has 3 N–H and O–H groups in total. The van der Waals surface area contributed by atoms with E-state index < -0.39 is 28.4 Å². The van der Waals surface area contributed by atoms with E-state index in [0.29, 0.717) is 0 Å². The van der Waals surface area contributed by atoms with Gasteiger partial charge in [0.15, 0.2) is 0 Å². The molecular formula is C22H20ClN3O5S. The highest BCUT2D eigenvalue weighted by molar-refractivity contribution is 7.92. The summed E-state index contributed by atoms with van der Waals surface area (Å²) in [5, 5.41) is 2.81. The van der Waals surface area contributed by atoms with Gasteiger partial charge in [0.25, 0.3) is 15.9 Å². The van der Waals surface area contributed by atoms with E-state index in [0.717, 1.165) is 4.31 Å². The van der Waals surface area contributed by atoms with Crippen molar-refractivity contribution in [3.05, 3.63) is 83.4 Å². The maximum atomic E-state index is 13.4. The van der Waals surface area contributed by atoms with Gasteiger partial charge in [-0.15, -0.1) is 0 Å².